The Morgan fingerprint density at radius 2 is 1.76 bits per heavy atom. The van der Waals surface area contributed by atoms with Gasteiger partial charge in [-0.1, -0.05) is 11.8 Å². The summed E-state index contributed by atoms with van der Waals surface area (Å²) >= 11 is 1.57. The highest BCUT2D eigenvalue weighted by atomic mass is 32.2. The zero-order valence-corrected chi connectivity index (χ0v) is 16.0. The Morgan fingerprint density at radius 1 is 1.16 bits per heavy atom. The molecule has 5 saturated carbocycles. The van der Waals surface area contributed by atoms with Crippen LogP contribution in [-0.2, 0) is 4.79 Å². The number of aryl methyl sites for hydroxylation is 1. The maximum atomic E-state index is 12.9. The van der Waals surface area contributed by atoms with Gasteiger partial charge >= 0.3 is 0 Å². The number of hydrogen-bond acceptors (Lipinski definition) is 4. The van der Waals surface area contributed by atoms with Gasteiger partial charge in [-0.05, 0) is 83.0 Å². The summed E-state index contributed by atoms with van der Waals surface area (Å²) in [5.74, 6) is 3.73. The second-order valence-corrected chi connectivity index (χ2v) is 10.4. The summed E-state index contributed by atoms with van der Waals surface area (Å²) in [6, 6.07) is 0.552. The fraction of sp³-hybridized carbons (Fsp3) is 0.842. The van der Waals surface area contributed by atoms with Gasteiger partial charge in [-0.2, -0.15) is 0 Å². The molecule has 4 bridgehead atoms. The maximum absolute atomic E-state index is 12.9. The van der Waals surface area contributed by atoms with Crippen molar-refractivity contribution in [3.8, 4) is 0 Å². The molecule has 1 amide bonds. The zero-order valence-electron chi connectivity index (χ0n) is 15.2. The molecule has 1 N–H and O–H groups in total. The van der Waals surface area contributed by atoms with Gasteiger partial charge in [-0.3, -0.25) is 4.79 Å². The molecule has 0 spiro atoms. The molecule has 1 heterocycles. The van der Waals surface area contributed by atoms with Crippen LogP contribution in [0.1, 0.15) is 70.2 Å². The van der Waals surface area contributed by atoms with Gasteiger partial charge in [0.1, 0.15) is 5.82 Å². The second-order valence-electron chi connectivity index (χ2n) is 9.08. The molecule has 6 heteroatoms. The highest BCUT2D eigenvalue weighted by molar-refractivity contribution is 8.00. The third kappa shape index (κ3) is 2.90. The Hall–Kier alpha value is -1.04. The minimum atomic E-state index is -0.117. The van der Waals surface area contributed by atoms with Crippen LogP contribution < -0.4 is 5.32 Å². The lowest BCUT2D eigenvalue weighted by Gasteiger charge is -2.57. The molecule has 0 aromatic carbocycles. The first-order valence-corrected chi connectivity index (χ1v) is 10.8. The number of amides is 1. The number of rotatable bonds is 5. The summed E-state index contributed by atoms with van der Waals surface area (Å²) in [6.07, 6.45) is 10.3. The number of hydrogen-bond donors (Lipinski definition) is 1. The normalized spacial score (nSPS) is 37.3. The van der Waals surface area contributed by atoms with E-state index in [9.17, 15) is 4.79 Å². The molecule has 5 nitrogen and oxygen atoms in total. The minimum Gasteiger partial charge on any atom is -0.350 e. The standard InChI is InChI=1S/C19H28N4OS/c1-11(25-18-22-21-12(2)23(18)16-3-4-16)17(24)20-19-8-13-5-14(9-19)7-15(6-13)10-19/h11,13-16H,3-10H2,1-2H3,(H,20,24)/t11-,13?,14?,15?,19?/m0/s1. The van der Waals surface area contributed by atoms with Crippen molar-refractivity contribution in [2.24, 2.45) is 17.8 Å². The van der Waals surface area contributed by atoms with Crippen molar-refractivity contribution in [2.75, 3.05) is 0 Å². The van der Waals surface area contributed by atoms with E-state index in [0.29, 0.717) is 6.04 Å². The van der Waals surface area contributed by atoms with Crippen LogP contribution >= 0.6 is 11.8 Å². The van der Waals surface area contributed by atoms with Crippen molar-refractivity contribution >= 4 is 17.7 Å². The largest absolute Gasteiger partial charge is 0.350 e. The fourth-order valence-corrected chi connectivity index (χ4v) is 6.99. The van der Waals surface area contributed by atoms with Gasteiger partial charge in [-0.15, -0.1) is 10.2 Å². The summed E-state index contributed by atoms with van der Waals surface area (Å²) in [5, 5.41) is 12.8. The highest BCUT2D eigenvalue weighted by Gasteiger charge is 2.51. The summed E-state index contributed by atoms with van der Waals surface area (Å²) in [5.41, 5.74) is 0.0980. The molecule has 0 unspecified atom stereocenters. The van der Waals surface area contributed by atoms with Gasteiger partial charge in [0.2, 0.25) is 5.91 Å². The molecule has 0 aliphatic heterocycles. The van der Waals surface area contributed by atoms with Crippen molar-refractivity contribution in [3.05, 3.63) is 5.82 Å². The van der Waals surface area contributed by atoms with E-state index in [4.69, 9.17) is 0 Å². The Kier molecular flexibility index (Phi) is 3.70. The van der Waals surface area contributed by atoms with Crippen LogP contribution in [0.25, 0.3) is 0 Å². The molecule has 136 valence electrons. The van der Waals surface area contributed by atoms with E-state index >= 15 is 0 Å². The van der Waals surface area contributed by atoms with Gasteiger partial charge in [0.25, 0.3) is 0 Å². The summed E-state index contributed by atoms with van der Waals surface area (Å²) < 4.78 is 2.22. The molecule has 25 heavy (non-hydrogen) atoms. The van der Waals surface area contributed by atoms with Crippen LogP contribution in [0.4, 0.5) is 0 Å². The smallest absolute Gasteiger partial charge is 0.233 e. The number of carbonyl (C=O) groups excluding carboxylic acids is 1. The quantitative estimate of drug-likeness (QED) is 0.817. The molecular formula is C19H28N4OS. The van der Waals surface area contributed by atoms with Crippen molar-refractivity contribution in [1.29, 1.82) is 0 Å². The van der Waals surface area contributed by atoms with Crippen LogP contribution in [0.15, 0.2) is 5.16 Å². The van der Waals surface area contributed by atoms with Crippen molar-refractivity contribution in [2.45, 2.75) is 87.2 Å². The summed E-state index contributed by atoms with van der Waals surface area (Å²) in [4.78, 5) is 12.9. The van der Waals surface area contributed by atoms with E-state index in [1.807, 2.05) is 13.8 Å². The molecule has 0 saturated heterocycles. The highest BCUT2D eigenvalue weighted by Crippen LogP contribution is 2.55. The second kappa shape index (κ2) is 5.73. The van der Waals surface area contributed by atoms with E-state index < -0.39 is 0 Å². The van der Waals surface area contributed by atoms with Gasteiger partial charge in [0.05, 0.1) is 5.25 Å². The molecule has 5 fully saturated rings. The van der Waals surface area contributed by atoms with Gasteiger partial charge in [-0.25, -0.2) is 0 Å². The Balaban J connectivity index is 1.27. The minimum absolute atomic E-state index is 0.0980. The number of nitrogens with one attached hydrogen (secondary N) is 1. The van der Waals surface area contributed by atoms with Crippen LogP contribution in [0.5, 0.6) is 0 Å². The SMILES string of the molecule is Cc1nnc(S[C@@H](C)C(=O)NC23CC4CC(CC(C4)C2)C3)n1C1CC1. The predicted molar refractivity (Wildman–Crippen MR) is 97.4 cm³/mol. The average Bonchev–Trinajstić information content (AvgIpc) is 3.29. The van der Waals surface area contributed by atoms with E-state index in [2.05, 4.69) is 20.1 Å². The van der Waals surface area contributed by atoms with Crippen LogP contribution in [0, 0.1) is 24.7 Å². The van der Waals surface area contributed by atoms with Gasteiger partial charge in [0, 0.05) is 11.6 Å². The Labute approximate surface area is 153 Å². The first-order valence-electron chi connectivity index (χ1n) is 9.91. The van der Waals surface area contributed by atoms with Crippen LogP contribution in [0.3, 0.4) is 0 Å². The van der Waals surface area contributed by atoms with Crippen LogP contribution in [0.2, 0.25) is 0 Å². The molecule has 1 aromatic heterocycles. The Morgan fingerprint density at radius 3 is 2.32 bits per heavy atom. The number of aromatic nitrogens is 3. The molecule has 1 atom stereocenters. The first-order chi connectivity index (χ1) is 12.0. The lowest BCUT2D eigenvalue weighted by atomic mass is 9.53. The molecular weight excluding hydrogens is 332 g/mol. The molecule has 1 aromatic rings. The lowest BCUT2D eigenvalue weighted by molar-refractivity contribution is -0.126. The summed E-state index contributed by atoms with van der Waals surface area (Å²) in [7, 11) is 0. The number of nitrogens with zero attached hydrogens (tertiary/aromatic N) is 3. The number of thioether (sulfide) groups is 1. The number of carbonyl (C=O) groups is 1. The van der Waals surface area contributed by atoms with Crippen molar-refractivity contribution < 1.29 is 4.79 Å². The van der Waals surface area contributed by atoms with Crippen molar-refractivity contribution in [1.82, 2.24) is 20.1 Å². The molecule has 6 rings (SSSR count). The van der Waals surface area contributed by atoms with E-state index in [-0.39, 0.29) is 16.7 Å². The third-order valence-electron chi connectivity index (χ3n) is 6.83. The van der Waals surface area contributed by atoms with Gasteiger partial charge in [0.15, 0.2) is 5.16 Å². The average molecular weight is 361 g/mol. The Bertz CT molecular complexity index is 660. The molecule has 0 radical (unpaired) electrons. The van der Waals surface area contributed by atoms with E-state index in [1.54, 1.807) is 11.8 Å². The molecule has 5 aliphatic carbocycles. The first kappa shape index (κ1) is 16.2. The van der Waals surface area contributed by atoms with Crippen molar-refractivity contribution in [3.63, 3.8) is 0 Å². The molecule has 5 aliphatic rings. The zero-order chi connectivity index (χ0) is 17.2. The van der Waals surface area contributed by atoms with E-state index in [1.165, 1.54) is 51.4 Å². The monoisotopic (exact) mass is 360 g/mol. The lowest BCUT2D eigenvalue weighted by Crippen LogP contribution is -2.60. The van der Waals surface area contributed by atoms with E-state index in [0.717, 1.165) is 28.7 Å². The van der Waals surface area contributed by atoms with Crippen LogP contribution in [-0.4, -0.2) is 31.5 Å². The fourth-order valence-electron chi connectivity index (χ4n) is 6.02. The summed E-state index contributed by atoms with van der Waals surface area (Å²) in [6.45, 7) is 4.03. The third-order valence-corrected chi connectivity index (χ3v) is 7.88. The topological polar surface area (TPSA) is 59.8 Å². The van der Waals surface area contributed by atoms with Gasteiger partial charge < -0.3 is 9.88 Å². The maximum Gasteiger partial charge on any atom is 0.233 e. The predicted octanol–water partition coefficient (Wildman–Crippen LogP) is 3.49.